The molecule has 0 saturated carbocycles. The summed E-state index contributed by atoms with van der Waals surface area (Å²) in [5.74, 6) is 0. The maximum absolute atomic E-state index is 4.72. The summed E-state index contributed by atoms with van der Waals surface area (Å²) < 4.78 is 0. The summed E-state index contributed by atoms with van der Waals surface area (Å²) in [6, 6.07) is 11.2. The third kappa shape index (κ3) is 1.46. The lowest BCUT2D eigenvalue weighted by Gasteiger charge is -2.09. The number of rotatable bonds is 0. The Hall–Kier alpha value is -2.15. The largest absolute Gasteiger partial charge is 0.260 e. The molecule has 0 unspecified atom stereocenters. The lowest BCUT2D eigenvalue weighted by Crippen LogP contribution is -1.89. The highest BCUT2D eigenvalue weighted by molar-refractivity contribution is 6.01. The summed E-state index contributed by atoms with van der Waals surface area (Å²) in [6.45, 7) is 6.54. The van der Waals surface area contributed by atoms with Gasteiger partial charge >= 0.3 is 0 Å². The molecule has 0 N–H and O–H groups in total. The van der Waals surface area contributed by atoms with Crippen LogP contribution in [0.15, 0.2) is 36.5 Å². The van der Waals surface area contributed by atoms with Crippen molar-refractivity contribution in [1.29, 1.82) is 0 Å². The first-order valence-corrected chi connectivity index (χ1v) is 7.13. The molecule has 4 rings (SSSR count). The van der Waals surface area contributed by atoms with Crippen LogP contribution in [-0.2, 0) is 6.42 Å². The molecule has 0 saturated heterocycles. The number of fused-ring (bicyclic) bond motifs is 5. The van der Waals surface area contributed by atoms with E-state index in [1.54, 1.807) is 0 Å². The van der Waals surface area contributed by atoms with Crippen molar-refractivity contribution in [3.05, 3.63) is 64.5 Å². The minimum Gasteiger partial charge on any atom is -0.260 e. The van der Waals surface area contributed by atoms with Crippen LogP contribution in [0.4, 0.5) is 0 Å². The average molecular weight is 259 g/mol. The second-order valence-electron chi connectivity index (χ2n) is 5.89. The number of pyridine rings is 1. The second-order valence-corrected chi connectivity index (χ2v) is 5.89. The van der Waals surface area contributed by atoms with Crippen molar-refractivity contribution < 1.29 is 0 Å². The molecule has 1 heteroatoms. The molecule has 0 atom stereocenters. The van der Waals surface area contributed by atoms with Crippen molar-refractivity contribution in [2.45, 2.75) is 27.2 Å². The molecular weight excluding hydrogens is 242 g/mol. The van der Waals surface area contributed by atoms with Gasteiger partial charge in [-0.15, -0.1) is 0 Å². The number of benzene rings is 2. The van der Waals surface area contributed by atoms with Crippen LogP contribution in [0.1, 0.15) is 27.9 Å². The first kappa shape index (κ1) is 11.7. The first-order valence-electron chi connectivity index (χ1n) is 7.13. The van der Waals surface area contributed by atoms with E-state index >= 15 is 0 Å². The molecule has 0 spiro atoms. The Balaban J connectivity index is 2.13. The molecule has 2 aromatic carbocycles. The van der Waals surface area contributed by atoms with Gasteiger partial charge in [0.05, 0.1) is 5.69 Å². The summed E-state index contributed by atoms with van der Waals surface area (Å²) in [7, 11) is 0. The predicted octanol–water partition coefficient (Wildman–Crippen LogP) is 4.73. The van der Waals surface area contributed by atoms with E-state index in [1.807, 2.05) is 6.20 Å². The van der Waals surface area contributed by atoms with Gasteiger partial charge in [-0.1, -0.05) is 30.3 Å². The Morgan fingerprint density at radius 3 is 2.55 bits per heavy atom. The van der Waals surface area contributed by atoms with E-state index in [0.717, 1.165) is 6.42 Å². The highest BCUT2D eigenvalue weighted by atomic mass is 14.7. The van der Waals surface area contributed by atoms with Crippen molar-refractivity contribution in [2.24, 2.45) is 0 Å². The van der Waals surface area contributed by atoms with E-state index in [0.29, 0.717) is 0 Å². The molecule has 3 aromatic rings. The summed E-state index contributed by atoms with van der Waals surface area (Å²) in [6.07, 6.45) is 3.00. The van der Waals surface area contributed by atoms with Crippen LogP contribution < -0.4 is 0 Å². The Morgan fingerprint density at radius 1 is 0.900 bits per heavy atom. The molecule has 0 radical (unpaired) electrons. The molecule has 0 bridgehead atoms. The normalized spacial score (nSPS) is 12.6. The highest BCUT2D eigenvalue weighted by Crippen LogP contribution is 2.41. The van der Waals surface area contributed by atoms with Gasteiger partial charge < -0.3 is 0 Å². The third-order valence-corrected chi connectivity index (χ3v) is 4.58. The van der Waals surface area contributed by atoms with Crippen LogP contribution in [0.3, 0.4) is 0 Å². The van der Waals surface area contributed by atoms with Gasteiger partial charge in [-0.25, -0.2) is 0 Å². The smallest absolute Gasteiger partial charge is 0.0532 e. The van der Waals surface area contributed by atoms with Crippen LogP contribution in [0, 0.1) is 20.8 Å². The number of hydrogen-bond acceptors (Lipinski definition) is 1. The number of aryl methyl sites for hydroxylation is 3. The highest BCUT2D eigenvalue weighted by Gasteiger charge is 2.22. The molecule has 0 aliphatic heterocycles. The number of nitrogens with zero attached hydrogens (tertiary/aromatic N) is 1. The lowest BCUT2D eigenvalue weighted by atomic mass is 9.96. The molecule has 1 heterocycles. The maximum atomic E-state index is 4.72. The predicted molar refractivity (Wildman–Crippen MR) is 84.2 cm³/mol. The zero-order valence-electron chi connectivity index (χ0n) is 12.1. The lowest BCUT2D eigenvalue weighted by molar-refractivity contribution is 1.13. The molecule has 0 fully saturated rings. The van der Waals surface area contributed by atoms with Crippen LogP contribution in [0.25, 0.3) is 21.9 Å². The molecule has 1 nitrogen and oxygen atoms in total. The topological polar surface area (TPSA) is 12.9 Å². The maximum Gasteiger partial charge on any atom is 0.0532 e. The van der Waals surface area contributed by atoms with Crippen molar-refractivity contribution in [1.82, 2.24) is 4.98 Å². The zero-order valence-corrected chi connectivity index (χ0v) is 12.1. The van der Waals surface area contributed by atoms with Crippen molar-refractivity contribution >= 4 is 10.8 Å². The summed E-state index contributed by atoms with van der Waals surface area (Å²) in [5, 5.41) is 2.62. The van der Waals surface area contributed by atoms with Gasteiger partial charge in [-0.2, -0.15) is 0 Å². The fourth-order valence-electron chi connectivity index (χ4n) is 3.30. The Labute approximate surface area is 119 Å². The van der Waals surface area contributed by atoms with E-state index in [4.69, 9.17) is 4.98 Å². The van der Waals surface area contributed by atoms with Gasteiger partial charge in [-0.05, 0) is 54.0 Å². The van der Waals surface area contributed by atoms with E-state index in [1.165, 1.54) is 49.8 Å². The van der Waals surface area contributed by atoms with Gasteiger partial charge in [0, 0.05) is 23.6 Å². The molecule has 1 aromatic heterocycles. The van der Waals surface area contributed by atoms with E-state index in [2.05, 4.69) is 51.1 Å². The summed E-state index contributed by atoms with van der Waals surface area (Å²) in [5.41, 5.74) is 9.41. The van der Waals surface area contributed by atoms with E-state index in [9.17, 15) is 0 Å². The van der Waals surface area contributed by atoms with Crippen molar-refractivity contribution in [3.63, 3.8) is 0 Å². The monoisotopic (exact) mass is 259 g/mol. The standard InChI is InChI=1S/C19H17N/c1-11-5-4-6-15-17(11)10-20-18-9-14-7-12(2)13(3)8-16(14)19(15)18/h4-8,10H,9H2,1-3H3. The molecule has 98 valence electrons. The van der Waals surface area contributed by atoms with E-state index < -0.39 is 0 Å². The average Bonchev–Trinajstić information content (AvgIpc) is 2.77. The van der Waals surface area contributed by atoms with Crippen LogP contribution in [0.2, 0.25) is 0 Å². The van der Waals surface area contributed by atoms with Gasteiger partial charge in [0.15, 0.2) is 0 Å². The Bertz CT molecular complexity index is 859. The van der Waals surface area contributed by atoms with Gasteiger partial charge in [0.1, 0.15) is 0 Å². The third-order valence-electron chi connectivity index (χ3n) is 4.58. The number of hydrogen-bond donors (Lipinski definition) is 0. The van der Waals surface area contributed by atoms with Crippen molar-refractivity contribution in [2.75, 3.05) is 0 Å². The molecular formula is C19H17N. The Kier molecular flexibility index (Phi) is 2.29. The fourth-order valence-corrected chi connectivity index (χ4v) is 3.30. The van der Waals surface area contributed by atoms with Crippen LogP contribution in [0.5, 0.6) is 0 Å². The summed E-state index contributed by atoms with van der Waals surface area (Å²) >= 11 is 0. The van der Waals surface area contributed by atoms with E-state index in [-0.39, 0.29) is 0 Å². The van der Waals surface area contributed by atoms with Crippen LogP contribution in [-0.4, -0.2) is 4.98 Å². The summed E-state index contributed by atoms with van der Waals surface area (Å²) in [4.78, 5) is 4.72. The van der Waals surface area contributed by atoms with Crippen molar-refractivity contribution in [3.8, 4) is 11.1 Å². The molecule has 1 aliphatic carbocycles. The van der Waals surface area contributed by atoms with Gasteiger partial charge in [0.2, 0.25) is 0 Å². The molecule has 0 amide bonds. The SMILES string of the molecule is Cc1cc2c(cc1C)-c1c(ncc3c(C)cccc13)C2. The number of aromatic nitrogens is 1. The molecule has 1 aliphatic rings. The van der Waals surface area contributed by atoms with Crippen LogP contribution >= 0.6 is 0 Å². The fraction of sp³-hybridized carbons (Fsp3) is 0.211. The Morgan fingerprint density at radius 2 is 1.70 bits per heavy atom. The second kappa shape index (κ2) is 3.92. The zero-order chi connectivity index (χ0) is 13.9. The minimum absolute atomic E-state index is 0.968. The first-order chi connectivity index (χ1) is 9.65. The van der Waals surface area contributed by atoms with Gasteiger partial charge in [-0.3, -0.25) is 4.98 Å². The van der Waals surface area contributed by atoms with Gasteiger partial charge in [0.25, 0.3) is 0 Å². The quantitative estimate of drug-likeness (QED) is 0.445. The minimum atomic E-state index is 0.968. The molecule has 20 heavy (non-hydrogen) atoms.